The molecular formula is C41H80O5. The smallest absolute Gasteiger partial charge is 0.306 e. The highest BCUT2D eigenvalue weighted by Crippen LogP contribution is 2.16. The number of carbonyl (C=O) groups is 2. The van der Waals surface area contributed by atoms with Gasteiger partial charge in [-0.2, -0.15) is 0 Å². The third-order valence-corrected chi connectivity index (χ3v) is 9.40. The van der Waals surface area contributed by atoms with Crippen LogP contribution in [0.4, 0.5) is 0 Å². The van der Waals surface area contributed by atoms with Gasteiger partial charge < -0.3 is 14.6 Å². The Bertz CT molecular complexity index is 622. The van der Waals surface area contributed by atoms with Gasteiger partial charge in [0.05, 0.1) is 6.61 Å². The van der Waals surface area contributed by atoms with E-state index in [0.29, 0.717) is 12.8 Å². The highest BCUT2D eigenvalue weighted by molar-refractivity contribution is 5.70. The van der Waals surface area contributed by atoms with Crippen molar-refractivity contribution in [2.75, 3.05) is 13.2 Å². The quantitative estimate of drug-likeness (QED) is 0.0531. The highest BCUT2D eigenvalue weighted by Gasteiger charge is 2.16. The molecule has 0 aliphatic carbocycles. The molecule has 0 amide bonds. The van der Waals surface area contributed by atoms with Crippen molar-refractivity contribution in [2.45, 2.75) is 238 Å². The Morgan fingerprint density at radius 1 is 0.413 bits per heavy atom. The molecule has 0 aliphatic rings. The fourth-order valence-electron chi connectivity index (χ4n) is 6.26. The van der Waals surface area contributed by atoms with Gasteiger partial charge in [0, 0.05) is 12.8 Å². The van der Waals surface area contributed by atoms with E-state index in [-0.39, 0.29) is 25.2 Å². The lowest BCUT2D eigenvalue weighted by molar-refractivity contribution is -0.161. The maximum atomic E-state index is 12.2. The number of hydrogen-bond acceptors (Lipinski definition) is 5. The van der Waals surface area contributed by atoms with Gasteiger partial charge in [0.25, 0.3) is 0 Å². The predicted octanol–water partition coefficient (Wildman–Crippen LogP) is 12.7. The molecule has 0 aliphatic heterocycles. The molecule has 0 saturated carbocycles. The van der Waals surface area contributed by atoms with Crippen LogP contribution in [0.25, 0.3) is 0 Å². The van der Waals surface area contributed by atoms with Crippen molar-refractivity contribution < 1.29 is 24.2 Å². The number of unbranched alkanes of at least 4 members (excludes halogenated alkanes) is 30. The lowest BCUT2D eigenvalue weighted by Gasteiger charge is -2.15. The Kier molecular flexibility index (Phi) is 37.4. The molecule has 0 fully saturated rings. The zero-order valence-corrected chi connectivity index (χ0v) is 31.1. The molecule has 0 aromatic rings. The Morgan fingerprint density at radius 2 is 0.674 bits per heavy atom. The average Bonchev–Trinajstić information content (AvgIpc) is 3.06. The highest BCUT2D eigenvalue weighted by atomic mass is 16.6. The van der Waals surface area contributed by atoms with Gasteiger partial charge in [-0.05, 0) is 12.8 Å². The van der Waals surface area contributed by atoms with Crippen LogP contribution in [0.5, 0.6) is 0 Å². The number of carbonyl (C=O) groups excluding carboxylic acids is 2. The Morgan fingerprint density at radius 3 is 0.957 bits per heavy atom. The topological polar surface area (TPSA) is 72.8 Å². The molecule has 1 atom stereocenters. The second-order valence-corrected chi connectivity index (χ2v) is 14.1. The molecule has 0 radical (unpaired) electrons. The van der Waals surface area contributed by atoms with Gasteiger partial charge in [-0.3, -0.25) is 9.59 Å². The van der Waals surface area contributed by atoms with Crippen molar-refractivity contribution in [2.24, 2.45) is 0 Å². The van der Waals surface area contributed by atoms with E-state index in [1.54, 1.807) is 0 Å². The van der Waals surface area contributed by atoms with Crippen LogP contribution in [-0.2, 0) is 19.1 Å². The van der Waals surface area contributed by atoms with Crippen LogP contribution in [0, 0.1) is 0 Å². The first-order valence-corrected chi connectivity index (χ1v) is 20.6. The summed E-state index contributed by atoms with van der Waals surface area (Å²) in [7, 11) is 0. The van der Waals surface area contributed by atoms with E-state index < -0.39 is 6.10 Å². The van der Waals surface area contributed by atoms with Crippen LogP contribution in [0.15, 0.2) is 0 Å². The molecule has 0 rings (SSSR count). The summed E-state index contributed by atoms with van der Waals surface area (Å²) in [5.74, 6) is -0.573. The van der Waals surface area contributed by atoms with Crippen LogP contribution < -0.4 is 0 Å². The number of ether oxygens (including phenoxy) is 2. The molecule has 46 heavy (non-hydrogen) atoms. The molecule has 1 N–H and O–H groups in total. The van der Waals surface area contributed by atoms with Crippen LogP contribution >= 0.6 is 0 Å². The van der Waals surface area contributed by atoms with E-state index in [9.17, 15) is 14.7 Å². The first-order valence-electron chi connectivity index (χ1n) is 20.6. The van der Waals surface area contributed by atoms with Gasteiger partial charge in [-0.1, -0.05) is 206 Å². The van der Waals surface area contributed by atoms with E-state index in [2.05, 4.69) is 13.8 Å². The zero-order valence-electron chi connectivity index (χ0n) is 31.1. The molecule has 0 saturated heterocycles. The van der Waals surface area contributed by atoms with Gasteiger partial charge in [-0.25, -0.2) is 0 Å². The third kappa shape index (κ3) is 35.7. The van der Waals surface area contributed by atoms with E-state index in [1.165, 1.54) is 173 Å². The monoisotopic (exact) mass is 653 g/mol. The third-order valence-electron chi connectivity index (χ3n) is 9.40. The number of hydrogen-bond donors (Lipinski definition) is 1. The van der Waals surface area contributed by atoms with Gasteiger partial charge in [-0.15, -0.1) is 0 Å². The summed E-state index contributed by atoms with van der Waals surface area (Å²) in [5.41, 5.74) is 0. The maximum absolute atomic E-state index is 12.2. The number of aliphatic hydroxyl groups excluding tert-OH is 1. The predicted molar refractivity (Wildman–Crippen MR) is 196 cm³/mol. The minimum absolute atomic E-state index is 0.0567. The summed E-state index contributed by atoms with van der Waals surface area (Å²) in [6.07, 6.45) is 41.6. The van der Waals surface area contributed by atoms with Crippen LogP contribution in [-0.4, -0.2) is 36.4 Å². The summed E-state index contributed by atoms with van der Waals surface area (Å²) in [4.78, 5) is 24.3. The number of aliphatic hydroxyl groups is 1. The van der Waals surface area contributed by atoms with E-state index in [1.807, 2.05) is 0 Å². The van der Waals surface area contributed by atoms with Crippen molar-refractivity contribution >= 4 is 11.9 Å². The number of esters is 2. The summed E-state index contributed by atoms with van der Waals surface area (Å²) >= 11 is 0. The van der Waals surface area contributed by atoms with Gasteiger partial charge in [0.1, 0.15) is 6.61 Å². The number of rotatable bonds is 38. The lowest BCUT2D eigenvalue weighted by atomic mass is 10.0. The normalized spacial score (nSPS) is 12.0. The summed E-state index contributed by atoms with van der Waals surface area (Å²) in [5, 5.41) is 9.56. The summed E-state index contributed by atoms with van der Waals surface area (Å²) < 4.78 is 10.6. The Balaban J connectivity index is 3.48. The zero-order chi connectivity index (χ0) is 33.6. The second-order valence-electron chi connectivity index (χ2n) is 14.1. The van der Waals surface area contributed by atoms with Crippen LogP contribution in [0.2, 0.25) is 0 Å². The summed E-state index contributed by atoms with van der Waals surface area (Å²) in [6, 6.07) is 0. The lowest BCUT2D eigenvalue weighted by Crippen LogP contribution is -2.28. The molecule has 5 heteroatoms. The minimum atomic E-state index is -0.761. The average molecular weight is 653 g/mol. The molecule has 0 spiro atoms. The molecular weight excluding hydrogens is 572 g/mol. The largest absolute Gasteiger partial charge is 0.462 e. The van der Waals surface area contributed by atoms with Crippen molar-refractivity contribution in [1.29, 1.82) is 0 Å². The standard InChI is InChI=1S/C41H80O5/c1-3-5-7-9-11-13-15-17-19-21-23-25-27-29-31-33-35-40(43)45-38-39(37-42)46-41(44)36-34-32-30-28-26-24-22-20-18-16-14-12-10-8-6-4-2/h39,42H,3-38H2,1-2H3/t39-/m1/s1. The summed E-state index contributed by atoms with van der Waals surface area (Å²) in [6.45, 7) is 4.17. The van der Waals surface area contributed by atoms with E-state index in [4.69, 9.17) is 9.47 Å². The van der Waals surface area contributed by atoms with E-state index in [0.717, 1.165) is 32.1 Å². The second kappa shape index (κ2) is 38.3. The molecule has 0 unspecified atom stereocenters. The van der Waals surface area contributed by atoms with Crippen molar-refractivity contribution in [3.8, 4) is 0 Å². The van der Waals surface area contributed by atoms with Gasteiger partial charge >= 0.3 is 11.9 Å². The molecule has 5 nitrogen and oxygen atoms in total. The SMILES string of the molecule is CCCCCCCCCCCCCCCCCCC(=O)OC[C@@H](CO)OC(=O)CCCCCCCCCCCCCCCCCC. The molecule has 0 heterocycles. The van der Waals surface area contributed by atoms with Gasteiger partial charge in [0.2, 0.25) is 0 Å². The molecule has 0 bridgehead atoms. The van der Waals surface area contributed by atoms with Crippen molar-refractivity contribution in [3.05, 3.63) is 0 Å². The minimum Gasteiger partial charge on any atom is -0.462 e. The van der Waals surface area contributed by atoms with Crippen molar-refractivity contribution in [3.63, 3.8) is 0 Å². The fourth-order valence-corrected chi connectivity index (χ4v) is 6.26. The Hall–Kier alpha value is -1.10. The van der Waals surface area contributed by atoms with Crippen molar-refractivity contribution in [1.82, 2.24) is 0 Å². The van der Waals surface area contributed by atoms with Crippen LogP contribution in [0.1, 0.15) is 232 Å². The first kappa shape index (κ1) is 44.9. The molecule has 0 aromatic carbocycles. The first-order chi connectivity index (χ1) is 22.6. The fraction of sp³-hybridized carbons (Fsp3) is 0.951. The molecule has 0 aromatic heterocycles. The van der Waals surface area contributed by atoms with E-state index >= 15 is 0 Å². The molecule has 274 valence electrons. The maximum Gasteiger partial charge on any atom is 0.306 e. The van der Waals surface area contributed by atoms with Gasteiger partial charge in [0.15, 0.2) is 6.10 Å². The Labute approximate surface area is 287 Å². The van der Waals surface area contributed by atoms with Crippen LogP contribution in [0.3, 0.4) is 0 Å².